The summed E-state index contributed by atoms with van der Waals surface area (Å²) in [6.07, 6.45) is 6.28. The number of likely N-dealkylation sites (tertiary alicyclic amines) is 1. The molecular formula is C22H29N5. The van der Waals surface area contributed by atoms with Crippen molar-refractivity contribution in [2.75, 3.05) is 13.1 Å². The second-order valence-electron chi connectivity index (χ2n) is 7.63. The molecule has 0 atom stereocenters. The van der Waals surface area contributed by atoms with Crippen LogP contribution in [0.4, 0.5) is 0 Å². The smallest absolute Gasteiger partial charge is 0.106 e. The van der Waals surface area contributed by atoms with Crippen LogP contribution in [0.5, 0.6) is 0 Å². The lowest BCUT2D eigenvalue weighted by Gasteiger charge is -2.31. The number of hydrogen-bond donors (Lipinski definition) is 2. The van der Waals surface area contributed by atoms with Crippen LogP contribution < -0.4 is 0 Å². The number of nitrogens with zero attached hydrogens (tertiary/aromatic N) is 3. The summed E-state index contributed by atoms with van der Waals surface area (Å²) in [5, 5.41) is 7.65. The van der Waals surface area contributed by atoms with Crippen LogP contribution in [-0.2, 0) is 19.4 Å². The molecular weight excluding hydrogens is 334 g/mol. The van der Waals surface area contributed by atoms with Gasteiger partial charge >= 0.3 is 0 Å². The molecule has 1 fully saturated rings. The minimum atomic E-state index is 0.578. The number of rotatable bonds is 6. The van der Waals surface area contributed by atoms with Crippen LogP contribution >= 0.6 is 0 Å². The zero-order valence-corrected chi connectivity index (χ0v) is 16.3. The summed E-state index contributed by atoms with van der Waals surface area (Å²) >= 11 is 0. The van der Waals surface area contributed by atoms with Crippen molar-refractivity contribution in [1.29, 1.82) is 0 Å². The molecule has 0 amide bonds. The van der Waals surface area contributed by atoms with E-state index < -0.39 is 0 Å². The average Bonchev–Trinajstić information content (AvgIpc) is 3.30. The van der Waals surface area contributed by atoms with Gasteiger partial charge in [-0.25, -0.2) is 4.98 Å². The van der Waals surface area contributed by atoms with Gasteiger partial charge in [-0.2, -0.15) is 5.10 Å². The highest BCUT2D eigenvalue weighted by atomic mass is 15.2. The Morgan fingerprint density at radius 2 is 1.93 bits per heavy atom. The number of piperidine rings is 1. The Hall–Kier alpha value is -2.40. The van der Waals surface area contributed by atoms with Crippen molar-refractivity contribution in [2.24, 2.45) is 0 Å². The highest BCUT2D eigenvalue weighted by Crippen LogP contribution is 2.30. The molecule has 0 saturated carbocycles. The molecule has 0 spiro atoms. The van der Waals surface area contributed by atoms with E-state index in [4.69, 9.17) is 4.98 Å². The lowest BCUT2D eigenvalue weighted by atomic mass is 9.89. The number of aryl methyl sites for hydroxylation is 2. The fraction of sp³-hybridized carbons (Fsp3) is 0.455. The molecule has 2 N–H and O–H groups in total. The highest BCUT2D eigenvalue weighted by Gasteiger charge is 2.24. The van der Waals surface area contributed by atoms with Gasteiger partial charge in [-0.1, -0.05) is 37.3 Å². The van der Waals surface area contributed by atoms with Crippen molar-refractivity contribution in [3.63, 3.8) is 0 Å². The van der Waals surface area contributed by atoms with Crippen LogP contribution in [0, 0.1) is 6.92 Å². The zero-order chi connectivity index (χ0) is 18.6. The maximum Gasteiger partial charge on any atom is 0.106 e. The van der Waals surface area contributed by atoms with Gasteiger partial charge in [0.2, 0.25) is 0 Å². The number of H-pyrrole nitrogens is 2. The second kappa shape index (κ2) is 8.09. The first-order valence-electron chi connectivity index (χ1n) is 10.1. The summed E-state index contributed by atoms with van der Waals surface area (Å²) in [6.45, 7) is 7.46. The van der Waals surface area contributed by atoms with E-state index >= 15 is 0 Å². The van der Waals surface area contributed by atoms with Gasteiger partial charge in [-0.3, -0.25) is 10.00 Å². The number of benzene rings is 1. The first-order chi connectivity index (χ1) is 13.2. The fourth-order valence-electron chi connectivity index (χ4n) is 4.11. The predicted molar refractivity (Wildman–Crippen MR) is 108 cm³/mol. The SMILES string of the molecule is CCc1nc(CN2CCC(c3[nH]ncc3Cc3ccccc3)CC2)c(C)[nH]1. The van der Waals surface area contributed by atoms with Crippen LogP contribution in [0.25, 0.3) is 0 Å². The van der Waals surface area contributed by atoms with E-state index in [1.807, 2.05) is 6.20 Å². The van der Waals surface area contributed by atoms with Crippen LogP contribution in [0.15, 0.2) is 36.5 Å². The molecule has 0 aliphatic carbocycles. The van der Waals surface area contributed by atoms with E-state index in [0.717, 1.165) is 38.3 Å². The third kappa shape index (κ3) is 4.14. The summed E-state index contributed by atoms with van der Waals surface area (Å²) in [5.74, 6) is 1.68. The van der Waals surface area contributed by atoms with Gasteiger partial charge in [0.25, 0.3) is 0 Å². The molecule has 3 heterocycles. The van der Waals surface area contributed by atoms with E-state index in [9.17, 15) is 0 Å². The summed E-state index contributed by atoms with van der Waals surface area (Å²) in [7, 11) is 0. The Morgan fingerprint density at radius 3 is 2.63 bits per heavy atom. The molecule has 142 valence electrons. The first kappa shape index (κ1) is 18.0. The Morgan fingerprint density at radius 1 is 1.15 bits per heavy atom. The van der Waals surface area contributed by atoms with Crippen molar-refractivity contribution in [3.05, 3.63) is 70.6 Å². The van der Waals surface area contributed by atoms with E-state index in [0.29, 0.717) is 5.92 Å². The van der Waals surface area contributed by atoms with Crippen molar-refractivity contribution in [3.8, 4) is 0 Å². The zero-order valence-electron chi connectivity index (χ0n) is 16.3. The van der Waals surface area contributed by atoms with E-state index in [1.165, 1.54) is 41.1 Å². The van der Waals surface area contributed by atoms with Crippen molar-refractivity contribution >= 4 is 0 Å². The Labute approximate surface area is 161 Å². The highest BCUT2D eigenvalue weighted by molar-refractivity contribution is 5.29. The molecule has 1 saturated heterocycles. The van der Waals surface area contributed by atoms with Gasteiger partial charge in [-0.15, -0.1) is 0 Å². The molecule has 1 aliphatic rings. The predicted octanol–water partition coefficient (Wildman–Crippen LogP) is 3.97. The molecule has 2 aromatic heterocycles. The minimum absolute atomic E-state index is 0.578. The molecule has 1 aromatic carbocycles. The van der Waals surface area contributed by atoms with Gasteiger partial charge < -0.3 is 4.98 Å². The standard InChI is InChI=1S/C22H29N5/c1-3-21-24-16(2)20(25-21)15-27-11-9-18(10-12-27)22-19(14-23-26-22)13-17-7-5-4-6-8-17/h4-8,14,18H,3,9-13,15H2,1-2H3,(H,23,26)(H,24,25). The fourth-order valence-corrected chi connectivity index (χ4v) is 4.11. The quantitative estimate of drug-likeness (QED) is 0.696. The summed E-state index contributed by atoms with van der Waals surface area (Å²) in [4.78, 5) is 10.7. The third-order valence-corrected chi connectivity index (χ3v) is 5.73. The van der Waals surface area contributed by atoms with Gasteiger partial charge in [-0.05, 0) is 44.0 Å². The maximum absolute atomic E-state index is 4.74. The van der Waals surface area contributed by atoms with Gasteiger partial charge in [0.1, 0.15) is 5.82 Å². The van der Waals surface area contributed by atoms with E-state index in [2.05, 4.69) is 64.3 Å². The van der Waals surface area contributed by atoms with E-state index in [-0.39, 0.29) is 0 Å². The van der Waals surface area contributed by atoms with Gasteiger partial charge in [0, 0.05) is 36.7 Å². The normalized spacial score (nSPS) is 16.1. The largest absolute Gasteiger partial charge is 0.346 e. The molecule has 1 aliphatic heterocycles. The van der Waals surface area contributed by atoms with Crippen LogP contribution in [0.2, 0.25) is 0 Å². The molecule has 4 rings (SSSR count). The maximum atomic E-state index is 4.74. The number of imidazole rings is 1. The summed E-state index contributed by atoms with van der Waals surface area (Å²) in [5.41, 5.74) is 6.45. The second-order valence-corrected chi connectivity index (χ2v) is 7.63. The van der Waals surface area contributed by atoms with Crippen molar-refractivity contribution in [1.82, 2.24) is 25.1 Å². The first-order valence-corrected chi connectivity index (χ1v) is 10.1. The van der Waals surface area contributed by atoms with E-state index in [1.54, 1.807) is 0 Å². The minimum Gasteiger partial charge on any atom is -0.346 e. The molecule has 0 unspecified atom stereocenters. The average molecular weight is 364 g/mol. The third-order valence-electron chi connectivity index (χ3n) is 5.73. The summed E-state index contributed by atoms with van der Waals surface area (Å²) in [6, 6.07) is 10.7. The number of nitrogens with one attached hydrogen (secondary N) is 2. The Balaban J connectivity index is 1.37. The Bertz CT molecular complexity index is 856. The molecule has 5 nitrogen and oxygen atoms in total. The molecule has 27 heavy (non-hydrogen) atoms. The van der Waals surface area contributed by atoms with Crippen molar-refractivity contribution in [2.45, 2.75) is 52.0 Å². The number of hydrogen-bond acceptors (Lipinski definition) is 3. The van der Waals surface area contributed by atoms with Gasteiger partial charge in [0.05, 0.1) is 11.9 Å². The monoisotopic (exact) mass is 363 g/mol. The number of aromatic nitrogens is 4. The van der Waals surface area contributed by atoms with Gasteiger partial charge in [0.15, 0.2) is 0 Å². The number of aromatic amines is 2. The lowest BCUT2D eigenvalue weighted by Crippen LogP contribution is -2.33. The molecule has 5 heteroatoms. The van der Waals surface area contributed by atoms with Crippen LogP contribution in [0.1, 0.15) is 59.7 Å². The molecule has 0 radical (unpaired) electrons. The summed E-state index contributed by atoms with van der Waals surface area (Å²) < 4.78 is 0. The van der Waals surface area contributed by atoms with Crippen LogP contribution in [-0.4, -0.2) is 38.2 Å². The topological polar surface area (TPSA) is 60.6 Å². The molecule has 3 aromatic rings. The van der Waals surface area contributed by atoms with Crippen molar-refractivity contribution < 1.29 is 0 Å². The van der Waals surface area contributed by atoms with Crippen LogP contribution in [0.3, 0.4) is 0 Å². The lowest BCUT2D eigenvalue weighted by molar-refractivity contribution is 0.200. The Kier molecular flexibility index (Phi) is 5.39. The molecule has 0 bridgehead atoms.